The van der Waals surface area contributed by atoms with E-state index < -0.39 is 24.5 Å². The molecule has 1 aromatic rings. The summed E-state index contributed by atoms with van der Waals surface area (Å²) in [6.45, 7) is -0.489. The van der Waals surface area contributed by atoms with Crippen molar-refractivity contribution in [1.82, 2.24) is 4.98 Å². The Balaban J connectivity index is 2.98. The molecule has 0 unspecified atom stereocenters. The zero-order chi connectivity index (χ0) is 12.2. The number of pyridine rings is 1. The van der Waals surface area contributed by atoms with Crippen molar-refractivity contribution in [2.24, 2.45) is 5.11 Å². The summed E-state index contributed by atoms with van der Waals surface area (Å²) in [6, 6.07) is 0.968. The molecule has 1 heterocycles. The van der Waals surface area contributed by atoms with E-state index in [-0.39, 0.29) is 5.56 Å². The van der Waals surface area contributed by atoms with Gasteiger partial charge in [-0.1, -0.05) is 11.2 Å². The average Bonchev–Trinajstić information content (AvgIpc) is 2.25. The molecule has 1 aromatic heterocycles. The summed E-state index contributed by atoms with van der Waals surface area (Å²) in [5.41, 5.74) is 7.36. The number of hydrogen-bond acceptors (Lipinski definition) is 3. The first-order valence-electron chi connectivity index (χ1n) is 4.17. The van der Waals surface area contributed by atoms with Crippen LogP contribution in [-0.4, -0.2) is 16.7 Å². The maximum atomic E-state index is 12.2. The van der Waals surface area contributed by atoms with Crippen molar-refractivity contribution in [3.63, 3.8) is 0 Å². The van der Waals surface area contributed by atoms with Crippen LogP contribution in [0.4, 0.5) is 13.2 Å². The number of halogens is 3. The third kappa shape index (κ3) is 2.85. The molecule has 0 saturated carbocycles. The third-order valence-corrected chi connectivity index (χ3v) is 1.83. The summed E-state index contributed by atoms with van der Waals surface area (Å²) in [7, 11) is 0. The predicted molar refractivity (Wildman–Crippen MR) is 48.2 cm³/mol. The normalized spacial score (nSPS) is 13.0. The van der Waals surface area contributed by atoms with Gasteiger partial charge < -0.3 is 5.11 Å². The largest absolute Gasteiger partial charge is 0.433 e. The Bertz CT molecular complexity index is 397. The predicted octanol–water partition coefficient (Wildman–Crippen LogP) is 2.44. The molecule has 1 rings (SSSR count). The first-order valence-corrected chi connectivity index (χ1v) is 4.17. The molecule has 0 aliphatic carbocycles. The van der Waals surface area contributed by atoms with Crippen LogP contribution in [0.5, 0.6) is 0 Å². The monoisotopic (exact) mass is 232 g/mol. The van der Waals surface area contributed by atoms with Crippen molar-refractivity contribution in [2.75, 3.05) is 6.61 Å². The van der Waals surface area contributed by atoms with Gasteiger partial charge in [-0.2, -0.15) is 13.2 Å². The highest BCUT2D eigenvalue weighted by molar-refractivity contribution is 5.19. The SMILES string of the molecule is [N-]=[N+]=N[C@H](CO)c1ccc(C(F)(F)F)nc1. The first kappa shape index (κ1) is 12.3. The summed E-state index contributed by atoms with van der Waals surface area (Å²) in [5.74, 6) is 0. The van der Waals surface area contributed by atoms with Gasteiger partial charge in [-0.25, -0.2) is 0 Å². The number of aromatic nitrogens is 1. The highest BCUT2D eigenvalue weighted by atomic mass is 19.4. The molecular formula is C8H7F3N4O. The van der Waals surface area contributed by atoms with Crippen LogP contribution in [0.2, 0.25) is 0 Å². The van der Waals surface area contributed by atoms with Gasteiger partial charge in [0, 0.05) is 11.1 Å². The van der Waals surface area contributed by atoms with E-state index in [1.165, 1.54) is 0 Å². The smallest absolute Gasteiger partial charge is 0.396 e. The highest BCUT2D eigenvalue weighted by Crippen LogP contribution is 2.28. The van der Waals surface area contributed by atoms with Gasteiger partial charge in [-0.05, 0) is 17.2 Å². The molecular weight excluding hydrogens is 225 g/mol. The minimum Gasteiger partial charge on any atom is -0.396 e. The number of azide groups is 1. The number of rotatable bonds is 3. The number of aliphatic hydroxyl groups excluding tert-OH is 1. The summed E-state index contributed by atoms with van der Waals surface area (Å²) in [6.07, 6.45) is -3.58. The van der Waals surface area contributed by atoms with Gasteiger partial charge in [0.15, 0.2) is 0 Å². The minimum atomic E-state index is -4.51. The molecule has 16 heavy (non-hydrogen) atoms. The van der Waals surface area contributed by atoms with E-state index in [0.29, 0.717) is 0 Å². The van der Waals surface area contributed by atoms with Crippen molar-refractivity contribution in [3.8, 4) is 0 Å². The Hall–Kier alpha value is -1.79. The highest BCUT2D eigenvalue weighted by Gasteiger charge is 2.32. The molecule has 0 bridgehead atoms. The van der Waals surface area contributed by atoms with Gasteiger partial charge in [0.2, 0.25) is 0 Å². The fourth-order valence-electron chi connectivity index (χ4n) is 1.04. The molecule has 0 amide bonds. The quantitative estimate of drug-likeness (QED) is 0.493. The Kier molecular flexibility index (Phi) is 3.70. The van der Waals surface area contributed by atoms with Crippen LogP contribution in [0.25, 0.3) is 10.4 Å². The molecule has 0 radical (unpaired) electrons. The number of aliphatic hydroxyl groups is 1. The molecule has 0 saturated heterocycles. The van der Waals surface area contributed by atoms with E-state index in [9.17, 15) is 13.2 Å². The van der Waals surface area contributed by atoms with Crippen molar-refractivity contribution >= 4 is 0 Å². The molecule has 0 spiro atoms. The van der Waals surface area contributed by atoms with Crippen molar-refractivity contribution < 1.29 is 18.3 Å². The standard InChI is InChI=1S/C8H7F3N4O/c9-8(10,11)7-2-1-5(3-13-7)6(4-16)14-15-12/h1-3,6,16H,4H2/t6-/m1/s1. The lowest BCUT2D eigenvalue weighted by molar-refractivity contribution is -0.141. The van der Waals surface area contributed by atoms with E-state index in [0.717, 1.165) is 18.3 Å². The average molecular weight is 232 g/mol. The fraction of sp³-hybridized carbons (Fsp3) is 0.375. The number of nitrogens with zero attached hydrogens (tertiary/aromatic N) is 4. The second-order valence-electron chi connectivity index (χ2n) is 2.88. The molecule has 5 nitrogen and oxygen atoms in total. The van der Waals surface area contributed by atoms with Crippen LogP contribution in [0.1, 0.15) is 17.3 Å². The van der Waals surface area contributed by atoms with E-state index >= 15 is 0 Å². The van der Waals surface area contributed by atoms with Gasteiger partial charge in [0.25, 0.3) is 0 Å². The topological polar surface area (TPSA) is 81.9 Å². The van der Waals surface area contributed by atoms with Crippen LogP contribution in [0, 0.1) is 0 Å². The molecule has 0 aromatic carbocycles. The van der Waals surface area contributed by atoms with Crippen molar-refractivity contribution in [3.05, 3.63) is 40.0 Å². The van der Waals surface area contributed by atoms with Crippen molar-refractivity contribution in [2.45, 2.75) is 12.2 Å². The zero-order valence-corrected chi connectivity index (χ0v) is 7.89. The van der Waals surface area contributed by atoms with Gasteiger partial charge in [0.1, 0.15) is 5.69 Å². The Morgan fingerprint density at radius 2 is 2.19 bits per heavy atom. The fourth-order valence-corrected chi connectivity index (χ4v) is 1.04. The van der Waals surface area contributed by atoms with E-state index in [4.69, 9.17) is 10.6 Å². The second kappa shape index (κ2) is 4.82. The number of alkyl halides is 3. The Morgan fingerprint density at radius 1 is 1.50 bits per heavy atom. The summed E-state index contributed by atoms with van der Waals surface area (Å²) >= 11 is 0. The van der Waals surface area contributed by atoms with Crippen molar-refractivity contribution in [1.29, 1.82) is 0 Å². The lowest BCUT2D eigenvalue weighted by Crippen LogP contribution is -2.09. The van der Waals surface area contributed by atoms with Gasteiger partial charge in [0.05, 0.1) is 12.6 Å². The molecule has 1 atom stereocenters. The molecule has 86 valence electrons. The van der Waals surface area contributed by atoms with Gasteiger partial charge >= 0.3 is 6.18 Å². The van der Waals surface area contributed by atoms with E-state index in [1.807, 2.05) is 0 Å². The Morgan fingerprint density at radius 3 is 2.56 bits per heavy atom. The summed E-state index contributed by atoms with van der Waals surface area (Å²) < 4.78 is 36.5. The Labute approximate surface area is 88.2 Å². The van der Waals surface area contributed by atoms with Crippen LogP contribution in [0.3, 0.4) is 0 Å². The maximum absolute atomic E-state index is 12.2. The lowest BCUT2D eigenvalue weighted by atomic mass is 10.1. The first-order chi connectivity index (χ1) is 7.49. The zero-order valence-electron chi connectivity index (χ0n) is 7.89. The van der Waals surface area contributed by atoms with Crippen LogP contribution < -0.4 is 0 Å². The summed E-state index contributed by atoms with van der Waals surface area (Å²) in [4.78, 5) is 5.65. The summed E-state index contributed by atoms with van der Waals surface area (Å²) in [5, 5.41) is 12.0. The third-order valence-electron chi connectivity index (χ3n) is 1.83. The molecule has 8 heteroatoms. The van der Waals surface area contributed by atoms with Gasteiger partial charge in [-0.3, -0.25) is 4.98 Å². The lowest BCUT2D eigenvalue weighted by Gasteiger charge is -2.09. The van der Waals surface area contributed by atoms with E-state index in [2.05, 4.69) is 15.0 Å². The van der Waals surface area contributed by atoms with Crippen LogP contribution in [0.15, 0.2) is 23.4 Å². The molecule has 0 fully saturated rings. The second-order valence-corrected chi connectivity index (χ2v) is 2.88. The molecule has 0 aliphatic rings. The molecule has 1 N–H and O–H groups in total. The minimum absolute atomic E-state index is 0.230. The van der Waals surface area contributed by atoms with Crippen LogP contribution in [-0.2, 0) is 6.18 Å². The maximum Gasteiger partial charge on any atom is 0.433 e. The number of hydrogen-bond donors (Lipinski definition) is 1. The van der Waals surface area contributed by atoms with E-state index in [1.54, 1.807) is 0 Å². The van der Waals surface area contributed by atoms with Crippen LogP contribution >= 0.6 is 0 Å². The van der Waals surface area contributed by atoms with Gasteiger partial charge in [-0.15, -0.1) is 0 Å². The molecule has 0 aliphatic heterocycles.